The third kappa shape index (κ3) is 3.42. The number of rotatable bonds is 6. The largest absolute Gasteiger partial charge is 0.507 e. The van der Waals surface area contributed by atoms with Gasteiger partial charge in [0.15, 0.2) is 0 Å². The first-order chi connectivity index (χ1) is 14.1. The summed E-state index contributed by atoms with van der Waals surface area (Å²) >= 11 is 0. The van der Waals surface area contributed by atoms with E-state index in [4.69, 9.17) is 13.6 Å². The van der Waals surface area contributed by atoms with Crippen molar-refractivity contribution in [2.75, 3.05) is 6.61 Å². The highest BCUT2D eigenvalue weighted by Crippen LogP contribution is 2.40. The Morgan fingerprint density at radius 1 is 1.07 bits per heavy atom. The van der Waals surface area contributed by atoms with Gasteiger partial charge in [0.2, 0.25) is 0 Å². The second kappa shape index (κ2) is 7.71. The van der Waals surface area contributed by atoms with Crippen LogP contribution in [0.25, 0.3) is 5.76 Å². The fraction of sp³-hybridized carbons (Fsp3) is 0.182. The molecular formula is C22H19NO6. The van der Waals surface area contributed by atoms with Crippen LogP contribution in [0.5, 0.6) is 5.75 Å². The molecule has 1 atom stereocenters. The summed E-state index contributed by atoms with van der Waals surface area (Å²) in [4.78, 5) is 26.9. The number of hydrogen-bond donors (Lipinski definition) is 1. The Hall–Kier alpha value is -3.74. The molecule has 0 bridgehead atoms. The Labute approximate surface area is 166 Å². The van der Waals surface area contributed by atoms with E-state index in [1.807, 2.05) is 6.92 Å². The van der Waals surface area contributed by atoms with Gasteiger partial charge in [0.1, 0.15) is 29.1 Å². The second-order valence-corrected chi connectivity index (χ2v) is 6.48. The number of likely N-dealkylation sites (tertiary alicyclic amines) is 1. The van der Waals surface area contributed by atoms with E-state index < -0.39 is 17.7 Å². The average molecular weight is 393 g/mol. The molecule has 3 aromatic rings. The van der Waals surface area contributed by atoms with Gasteiger partial charge in [-0.1, -0.05) is 0 Å². The summed E-state index contributed by atoms with van der Waals surface area (Å²) in [7, 11) is 0. The Balaban J connectivity index is 1.78. The number of nitrogens with zero attached hydrogens (tertiary/aromatic N) is 1. The molecule has 1 aromatic carbocycles. The van der Waals surface area contributed by atoms with Gasteiger partial charge in [-0.3, -0.25) is 9.59 Å². The third-order valence-electron chi connectivity index (χ3n) is 4.70. The molecule has 0 aliphatic carbocycles. The van der Waals surface area contributed by atoms with Crippen LogP contribution in [-0.2, 0) is 16.1 Å². The van der Waals surface area contributed by atoms with Gasteiger partial charge in [-0.15, -0.1) is 0 Å². The zero-order chi connectivity index (χ0) is 20.4. The van der Waals surface area contributed by atoms with E-state index >= 15 is 0 Å². The minimum absolute atomic E-state index is 0.0272. The van der Waals surface area contributed by atoms with Gasteiger partial charge in [0, 0.05) is 5.56 Å². The van der Waals surface area contributed by atoms with Gasteiger partial charge in [0.05, 0.1) is 31.3 Å². The summed E-state index contributed by atoms with van der Waals surface area (Å²) in [5.41, 5.74) is 0.377. The zero-order valence-electron chi connectivity index (χ0n) is 15.7. The standard InChI is InChI=1S/C22H19NO6/c1-2-27-15-9-7-14(8-10-15)20(24)18-19(17-6-4-12-29-17)23(22(26)21(18)25)13-16-5-3-11-28-16/h3-12,19,24H,2,13H2,1H3/t19-/m0/s1. The maximum Gasteiger partial charge on any atom is 0.296 e. The quantitative estimate of drug-likeness (QED) is 0.388. The molecule has 3 heterocycles. The van der Waals surface area contributed by atoms with Crippen LogP contribution in [0.1, 0.15) is 30.0 Å². The van der Waals surface area contributed by atoms with Crippen LogP contribution in [0.2, 0.25) is 0 Å². The lowest BCUT2D eigenvalue weighted by atomic mass is 9.99. The SMILES string of the molecule is CCOc1ccc(C(O)=C2C(=O)C(=O)N(Cc3ccco3)[C@H]2c2ccco2)cc1. The number of ether oxygens (including phenoxy) is 1. The van der Waals surface area contributed by atoms with Gasteiger partial charge in [-0.05, 0) is 55.5 Å². The molecule has 148 valence electrons. The molecule has 1 fully saturated rings. The monoisotopic (exact) mass is 393 g/mol. The molecule has 2 aromatic heterocycles. The first-order valence-corrected chi connectivity index (χ1v) is 9.17. The molecular weight excluding hydrogens is 374 g/mol. The second-order valence-electron chi connectivity index (χ2n) is 6.48. The van der Waals surface area contributed by atoms with Crippen LogP contribution < -0.4 is 4.74 Å². The molecule has 0 saturated carbocycles. The molecule has 0 spiro atoms. The van der Waals surface area contributed by atoms with Gasteiger partial charge in [0.25, 0.3) is 11.7 Å². The van der Waals surface area contributed by atoms with Crippen LogP contribution in [0.4, 0.5) is 0 Å². The van der Waals surface area contributed by atoms with Crippen molar-refractivity contribution in [3.63, 3.8) is 0 Å². The van der Waals surface area contributed by atoms with Crippen molar-refractivity contribution in [1.29, 1.82) is 0 Å². The normalized spacial score (nSPS) is 18.4. The van der Waals surface area contributed by atoms with Crippen LogP contribution >= 0.6 is 0 Å². The van der Waals surface area contributed by atoms with Crippen molar-refractivity contribution in [2.45, 2.75) is 19.5 Å². The fourth-order valence-electron chi connectivity index (χ4n) is 3.39. The van der Waals surface area contributed by atoms with Crippen molar-refractivity contribution >= 4 is 17.4 Å². The number of carbonyl (C=O) groups is 2. The number of hydrogen-bond acceptors (Lipinski definition) is 6. The summed E-state index contributed by atoms with van der Waals surface area (Å²) in [6, 6.07) is 12.5. The van der Waals surface area contributed by atoms with E-state index in [1.165, 1.54) is 17.4 Å². The Morgan fingerprint density at radius 3 is 2.41 bits per heavy atom. The van der Waals surface area contributed by atoms with Crippen LogP contribution in [0, 0.1) is 0 Å². The summed E-state index contributed by atoms with van der Waals surface area (Å²) in [6.45, 7) is 2.46. The summed E-state index contributed by atoms with van der Waals surface area (Å²) in [6.07, 6.45) is 2.95. The first-order valence-electron chi connectivity index (χ1n) is 9.17. The molecule has 7 heteroatoms. The van der Waals surface area contributed by atoms with Gasteiger partial charge in [-0.2, -0.15) is 0 Å². The molecule has 1 amide bonds. The molecule has 1 aliphatic rings. The van der Waals surface area contributed by atoms with Gasteiger partial charge < -0.3 is 23.6 Å². The fourth-order valence-corrected chi connectivity index (χ4v) is 3.39. The maximum atomic E-state index is 12.8. The Bertz CT molecular complexity index is 1030. The topological polar surface area (TPSA) is 93.1 Å². The van der Waals surface area contributed by atoms with Crippen molar-refractivity contribution < 1.29 is 28.3 Å². The maximum absolute atomic E-state index is 12.8. The number of furan rings is 2. The average Bonchev–Trinajstić information content (AvgIpc) is 3.47. The highest BCUT2D eigenvalue weighted by molar-refractivity contribution is 6.46. The van der Waals surface area contributed by atoms with Crippen molar-refractivity contribution in [3.8, 4) is 5.75 Å². The number of amides is 1. The third-order valence-corrected chi connectivity index (χ3v) is 4.70. The molecule has 4 rings (SSSR count). The smallest absolute Gasteiger partial charge is 0.296 e. The summed E-state index contributed by atoms with van der Waals surface area (Å²) in [5.74, 6) is -0.230. The van der Waals surface area contributed by atoms with Crippen LogP contribution in [0.15, 0.2) is 75.5 Å². The van der Waals surface area contributed by atoms with Gasteiger partial charge in [-0.25, -0.2) is 0 Å². The van der Waals surface area contributed by atoms with Crippen molar-refractivity contribution in [1.82, 2.24) is 4.90 Å². The number of aliphatic hydroxyl groups excluding tert-OH is 1. The van der Waals surface area contributed by atoms with E-state index in [9.17, 15) is 14.7 Å². The number of carbonyl (C=O) groups excluding carboxylic acids is 2. The van der Waals surface area contributed by atoms with E-state index in [0.717, 1.165) is 0 Å². The predicted octanol–water partition coefficient (Wildman–Crippen LogP) is 3.89. The predicted molar refractivity (Wildman–Crippen MR) is 103 cm³/mol. The molecule has 0 unspecified atom stereocenters. The zero-order valence-corrected chi connectivity index (χ0v) is 15.7. The number of aliphatic hydroxyl groups is 1. The highest BCUT2D eigenvalue weighted by atomic mass is 16.5. The van der Waals surface area contributed by atoms with E-state index in [1.54, 1.807) is 48.5 Å². The van der Waals surface area contributed by atoms with Gasteiger partial charge >= 0.3 is 0 Å². The van der Waals surface area contributed by atoms with Crippen molar-refractivity contribution in [3.05, 3.63) is 83.7 Å². The molecule has 1 saturated heterocycles. The molecule has 1 N–H and O–H groups in total. The minimum atomic E-state index is -0.860. The summed E-state index contributed by atoms with van der Waals surface area (Å²) in [5, 5.41) is 10.9. The van der Waals surface area contributed by atoms with Crippen molar-refractivity contribution in [2.24, 2.45) is 0 Å². The molecule has 7 nitrogen and oxygen atoms in total. The Morgan fingerprint density at radius 2 is 1.79 bits per heavy atom. The minimum Gasteiger partial charge on any atom is -0.507 e. The molecule has 0 radical (unpaired) electrons. The number of Topliss-reactive ketones (excluding diaryl/α,β-unsaturated/α-hetero) is 1. The number of ketones is 1. The first kappa shape index (κ1) is 18.6. The van der Waals surface area contributed by atoms with E-state index in [-0.39, 0.29) is 17.9 Å². The lowest BCUT2D eigenvalue weighted by Crippen LogP contribution is -2.28. The lowest BCUT2D eigenvalue weighted by Gasteiger charge is -2.22. The highest BCUT2D eigenvalue weighted by Gasteiger charge is 2.47. The number of benzene rings is 1. The van der Waals surface area contributed by atoms with Crippen LogP contribution in [-0.4, -0.2) is 28.3 Å². The Kier molecular flexibility index (Phi) is 4.95. The summed E-state index contributed by atoms with van der Waals surface area (Å²) < 4.78 is 16.2. The molecule has 1 aliphatic heterocycles. The molecule has 29 heavy (non-hydrogen) atoms. The lowest BCUT2D eigenvalue weighted by molar-refractivity contribution is -0.140. The van der Waals surface area contributed by atoms with E-state index in [0.29, 0.717) is 29.4 Å². The van der Waals surface area contributed by atoms with Crippen LogP contribution in [0.3, 0.4) is 0 Å². The van der Waals surface area contributed by atoms with E-state index in [2.05, 4.69) is 0 Å².